The molecule has 2 aromatic heterocycles. The first-order valence-electron chi connectivity index (χ1n) is 11.0. The number of benzene rings is 2. The van der Waals surface area contributed by atoms with Gasteiger partial charge in [0.25, 0.3) is 0 Å². The van der Waals surface area contributed by atoms with Gasteiger partial charge in [0.05, 0.1) is 17.6 Å². The second kappa shape index (κ2) is 8.93. The van der Waals surface area contributed by atoms with Gasteiger partial charge in [-0.15, -0.1) is 11.3 Å². The van der Waals surface area contributed by atoms with Gasteiger partial charge in [-0.2, -0.15) is 5.10 Å². The minimum Gasteiger partial charge on any atom is -0.372 e. The number of aryl methyl sites for hydroxylation is 1. The van der Waals surface area contributed by atoms with Gasteiger partial charge in [0, 0.05) is 34.7 Å². The highest BCUT2D eigenvalue weighted by molar-refractivity contribution is 7.12. The van der Waals surface area contributed by atoms with Crippen LogP contribution < -0.4 is 4.90 Å². The highest BCUT2D eigenvalue weighted by Gasteiger charge is 2.24. The number of hydrogen-bond acceptors (Lipinski definition) is 4. The van der Waals surface area contributed by atoms with E-state index in [0.29, 0.717) is 0 Å². The van der Waals surface area contributed by atoms with Crippen molar-refractivity contribution in [3.05, 3.63) is 82.0 Å². The first-order chi connectivity index (χ1) is 15.7. The van der Waals surface area contributed by atoms with E-state index < -0.39 is 0 Å². The molecule has 4 nitrogen and oxygen atoms in total. The molecule has 0 amide bonds. The van der Waals surface area contributed by atoms with E-state index in [0.717, 1.165) is 47.3 Å². The fourth-order valence-corrected chi connectivity index (χ4v) is 5.19. The van der Waals surface area contributed by atoms with Crippen molar-refractivity contribution >= 4 is 40.3 Å². The normalized spacial score (nSPS) is 14.2. The van der Waals surface area contributed by atoms with Crippen molar-refractivity contribution in [3.8, 4) is 16.4 Å². The van der Waals surface area contributed by atoms with E-state index in [2.05, 4.69) is 59.6 Å². The highest BCUT2D eigenvalue weighted by Crippen LogP contribution is 2.36. The van der Waals surface area contributed by atoms with Gasteiger partial charge in [0.15, 0.2) is 0 Å². The summed E-state index contributed by atoms with van der Waals surface area (Å²) < 4.78 is 2.00. The first-order valence-corrected chi connectivity index (χ1v) is 12.3. The average molecular weight is 461 g/mol. The van der Waals surface area contributed by atoms with E-state index in [4.69, 9.17) is 16.6 Å². The van der Waals surface area contributed by atoms with Crippen molar-refractivity contribution in [3.63, 3.8) is 0 Å². The van der Waals surface area contributed by atoms with Crippen LogP contribution in [0.3, 0.4) is 0 Å². The van der Waals surface area contributed by atoms with Gasteiger partial charge in [0.1, 0.15) is 0 Å². The van der Waals surface area contributed by atoms with Gasteiger partial charge in [0.2, 0.25) is 5.13 Å². The van der Waals surface area contributed by atoms with E-state index in [1.54, 1.807) is 11.3 Å². The Balaban J connectivity index is 1.45. The molecular weight excluding hydrogens is 436 g/mol. The third kappa shape index (κ3) is 3.98. The number of nitrogens with zero attached hydrogens (tertiary/aromatic N) is 4. The van der Waals surface area contributed by atoms with Crippen LogP contribution in [0.4, 0.5) is 5.69 Å². The lowest BCUT2D eigenvalue weighted by molar-refractivity contribution is 0.855. The molecule has 0 fully saturated rings. The molecule has 5 rings (SSSR count). The van der Waals surface area contributed by atoms with Gasteiger partial charge in [-0.25, -0.2) is 9.67 Å². The van der Waals surface area contributed by atoms with Crippen molar-refractivity contribution in [2.24, 2.45) is 0 Å². The van der Waals surface area contributed by atoms with Crippen molar-refractivity contribution in [2.45, 2.75) is 26.7 Å². The second-order valence-corrected chi connectivity index (χ2v) is 9.16. The minimum atomic E-state index is 0.731. The maximum atomic E-state index is 6.03. The number of allylic oxidation sites excluding steroid dienone is 1. The molecule has 4 aromatic rings. The quantitative estimate of drug-likeness (QED) is 0.311. The summed E-state index contributed by atoms with van der Waals surface area (Å²) in [7, 11) is 0. The molecule has 0 unspecified atom stereocenters. The number of aromatic nitrogens is 3. The largest absolute Gasteiger partial charge is 0.372 e. The Bertz CT molecular complexity index is 1250. The molecule has 0 spiro atoms. The summed E-state index contributed by atoms with van der Waals surface area (Å²) in [5, 5.41) is 8.38. The molecule has 1 aliphatic rings. The van der Waals surface area contributed by atoms with Gasteiger partial charge < -0.3 is 4.90 Å². The summed E-state index contributed by atoms with van der Waals surface area (Å²) in [5.74, 6) is 0. The van der Waals surface area contributed by atoms with Crippen molar-refractivity contribution in [1.82, 2.24) is 14.8 Å². The molecule has 2 aromatic carbocycles. The van der Waals surface area contributed by atoms with Crippen LogP contribution in [0.2, 0.25) is 5.02 Å². The van der Waals surface area contributed by atoms with Crippen LogP contribution in [0.5, 0.6) is 0 Å². The summed E-state index contributed by atoms with van der Waals surface area (Å²) in [6.07, 6.45) is 6.33. The van der Waals surface area contributed by atoms with Crippen LogP contribution in [-0.4, -0.2) is 27.9 Å². The standard InChI is InChI=1S/C26H25ClN4S/c1-3-30(4-2)23-13-5-18(6-14-23)15-20-7-8-21-16-28-31(25(20)21)26-29-24(17-32-26)19-9-11-22(27)12-10-19/h5-6,9-17H,3-4,7-8H2,1-2H3/b20-15+. The Morgan fingerprint density at radius 3 is 2.50 bits per heavy atom. The summed E-state index contributed by atoms with van der Waals surface area (Å²) in [5.41, 5.74) is 8.29. The lowest BCUT2D eigenvalue weighted by Crippen LogP contribution is -2.21. The molecule has 2 heterocycles. The molecule has 0 N–H and O–H groups in total. The molecule has 6 heteroatoms. The molecule has 0 saturated carbocycles. The van der Waals surface area contributed by atoms with E-state index in [1.807, 2.05) is 35.1 Å². The van der Waals surface area contributed by atoms with Crippen LogP contribution in [0.15, 0.2) is 60.1 Å². The molecule has 0 atom stereocenters. The first kappa shape index (κ1) is 21.0. The molecule has 162 valence electrons. The Hall–Kier alpha value is -2.89. The fraction of sp³-hybridized carbons (Fsp3) is 0.231. The Morgan fingerprint density at radius 2 is 1.78 bits per heavy atom. The summed E-state index contributed by atoms with van der Waals surface area (Å²) in [6, 6.07) is 16.6. The maximum absolute atomic E-state index is 6.03. The molecule has 0 radical (unpaired) electrons. The van der Waals surface area contributed by atoms with Gasteiger partial charge >= 0.3 is 0 Å². The lowest BCUT2D eigenvalue weighted by atomic mass is 10.1. The van der Waals surface area contributed by atoms with Crippen molar-refractivity contribution in [1.29, 1.82) is 0 Å². The van der Waals surface area contributed by atoms with Crippen LogP contribution in [-0.2, 0) is 6.42 Å². The van der Waals surface area contributed by atoms with Crippen LogP contribution in [0.25, 0.3) is 28.0 Å². The molecule has 32 heavy (non-hydrogen) atoms. The number of fused-ring (bicyclic) bond motifs is 1. The van der Waals surface area contributed by atoms with Crippen LogP contribution in [0.1, 0.15) is 37.1 Å². The molecule has 0 saturated heterocycles. The van der Waals surface area contributed by atoms with Crippen LogP contribution >= 0.6 is 22.9 Å². The predicted octanol–water partition coefficient (Wildman–Crippen LogP) is 6.98. The summed E-state index contributed by atoms with van der Waals surface area (Å²) >= 11 is 7.64. The fourth-order valence-electron chi connectivity index (χ4n) is 4.27. The Morgan fingerprint density at radius 1 is 1.03 bits per heavy atom. The van der Waals surface area contributed by atoms with E-state index >= 15 is 0 Å². The van der Waals surface area contributed by atoms with E-state index in [-0.39, 0.29) is 0 Å². The SMILES string of the molecule is CCN(CC)c1ccc(/C=C2\CCc3cnn(-c4nc(-c5ccc(Cl)cc5)cs4)c32)cc1. The Kier molecular flexibility index (Phi) is 5.85. The molecule has 1 aliphatic carbocycles. The number of rotatable bonds is 6. The third-order valence-electron chi connectivity index (χ3n) is 5.99. The smallest absolute Gasteiger partial charge is 0.211 e. The van der Waals surface area contributed by atoms with E-state index in [1.165, 1.54) is 28.1 Å². The third-order valence-corrected chi connectivity index (χ3v) is 7.06. The zero-order valence-electron chi connectivity index (χ0n) is 18.3. The summed E-state index contributed by atoms with van der Waals surface area (Å²) in [4.78, 5) is 7.23. The highest BCUT2D eigenvalue weighted by atomic mass is 35.5. The van der Waals surface area contributed by atoms with Gasteiger partial charge in [-0.1, -0.05) is 35.9 Å². The molecule has 0 bridgehead atoms. The zero-order valence-corrected chi connectivity index (χ0v) is 19.8. The average Bonchev–Trinajstić information content (AvgIpc) is 3.54. The molecular formula is C26H25ClN4S. The van der Waals surface area contributed by atoms with Gasteiger partial charge in [-0.05, 0) is 73.7 Å². The topological polar surface area (TPSA) is 34.0 Å². The number of anilines is 1. The number of halogens is 1. The monoisotopic (exact) mass is 460 g/mol. The Labute approximate surface area is 197 Å². The number of thiazole rings is 1. The number of hydrogen-bond donors (Lipinski definition) is 0. The molecule has 0 aliphatic heterocycles. The lowest BCUT2D eigenvalue weighted by Gasteiger charge is -2.20. The van der Waals surface area contributed by atoms with Crippen LogP contribution in [0, 0.1) is 0 Å². The van der Waals surface area contributed by atoms with E-state index in [9.17, 15) is 0 Å². The van der Waals surface area contributed by atoms with Gasteiger partial charge in [-0.3, -0.25) is 0 Å². The van der Waals surface area contributed by atoms with Crippen molar-refractivity contribution in [2.75, 3.05) is 18.0 Å². The summed E-state index contributed by atoms with van der Waals surface area (Å²) in [6.45, 7) is 6.42. The maximum Gasteiger partial charge on any atom is 0.211 e. The van der Waals surface area contributed by atoms with Crippen molar-refractivity contribution < 1.29 is 0 Å². The second-order valence-electron chi connectivity index (χ2n) is 7.89. The predicted molar refractivity (Wildman–Crippen MR) is 136 cm³/mol. The minimum absolute atomic E-state index is 0.731. The zero-order chi connectivity index (χ0) is 22.1.